The molecule has 0 spiro atoms. The lowest BCUT2D eigenvalue weighted by molar-refractivity contribution is -0.117. The second kappa shape index (κ2) is 9.81. The third-order valence-electron chi connectivity index (χ3n) is 13.0. The Bertz CT molecular complexity index is 674. The molecule has 34 heavy (non-hydrogen) atoms. The van der Waals surface area contributed by atoms with E-state index in [9.17, 15) is 0 Å². The van der Waals surface area contributed by atoms with Gasteiger partial charge in [0.05, 0.1) is 14.2 Å². The summed E-state index contributed by atoms with van der Waals surface area (Å²) in [6.07, 6.45) is 10.7. The van der Waals surface area contributed by atoms with Crippen LogP contribution in [-0.4, -0.2) is 21.3 Å². The molecular weight excluding hydrogens is 428 g/mol. The van der Waals surface area contributed by atoms with E-state index in [4.69, 9.17) is 4.74 Å². The first kappa shape index (κ1) is 27.2. The van der Waals surface area contributed by atoms with Crippen LogP contribution in [0.25, 0.3) is 0 Å². The van der Waals surface area contributed by atoms with Crippen molar-refractivity contribution in [2.24, 2.45) is 64.6 Å². The highest BCUT2D eigenvalue weighted by Gasteiger charge is 2.62. The van der Waals surface area contributed by atoms with Crippen LogP contribution < -0.4 is 0 Å². The fraction of sp³-hybridized carbons (Fsp3) is 1.00. The van der Waals surface area contributed by atoms with Gasteiger partial charge in [-0.25, -0.2) is 0 Å². The van der Waals surface area contributed by atoms with Gasteiger partial charge in [-0.05, 0) is 88.5 Å². The van der Waals surface area contributed by atoms with Crippen LogP contribution in [0.3, 0.4) is 0 Å². The molecule has 0 aromatic heterocycles. The van der Waals surface area contributed by atoms with E-state index < -0.39 is 8.07 Å². The van der Waals surface area contributed by atoms with Gasteiger partial charge in [0.15, 0.2) is 0 Å². The van der Waals surface area contributed by atoms with Crippen molar-refractivity contribution in [3.8, 4) is 0 Å². The zero-order chi connectivity index (χ0) is 25.2. The lowest BCUT2D eigenvalue weighted by Gasteiger charge is -2.55. The minimum absolute atomic E-state index is 0.331. The molecule has 0 aromatic rings. The van der Waals surface area contributed by atoms with E-state index in [-0.39, 0.29) is 0 Å². The lowest BCUT2D eigenvalue weighted by atomic mass is 9.56. The summed E-state index contributed by atoms with van der Waals surface area (Å²) in [6, 6.07) is 0. The molecule has 4 aliphatic carbocycles. The Kier molecular flexibility index (Phi) is 7.85. The van der Waals surface area contributed by atoms with Gasteiger partial charge in [0.25, 0.3) is 0 Å². The minimum Gasteiger partial charge on any atom is -0.381 e. The van der Waals surface area contributed by atoms with Crippen molar-refractivity contribution in [3.63, 3.8) is 0 Å². The summed E-state index contributed by atoms with van der Waals surface area (Å²) in [6.45, 7) is 26.3. The summed E-state index contributed by atoms with van der Waals surface area (Å²) >= 11 is 0. The SMILES string of the molecule is COC1C(C2CCCCC2)C2CC(C)C([Si](C)(C)C3C(C)C(C)C(C)C3C)C2CC1C(C)(C)C. The zero-order valence-corrected chi connectivity index (χ0v) is 25.9. The molecule has 4 fully saturated rings. The van der Waals surface area contributed by atoms with Crippen LogP contribution in [0.5, 0.6) is 0 Å². The van der Waals surface area contributed by atoms with Gasteiger partial charge in [0.2, 0.25) is 0 Å². The summed E-state index contributed by atoms with van der Waals surface area (Å²) in [7, 11) is 0.595. The van der Waals surface area contributed by atoms with Crippen molar-refractivity contribution < 1.29 is 4.74 Å². The number of methoxy groups -OCH3 is 1. The Balaban J connectivity index is 1.72. The molecule has 11 atom stereocenters. The Morgan fingerprint density at radius 1 is 0.706 bits per heavy atom. The highest BCUT2D eigenvalue weighted by atomic mass is 28.3. The molecule has 0 aliphatic heterocycles. The maximum absolute atomic E-state index is 6.53. The Hall–Kier alpha value is 0.177. The van der Waals surface area contributed by atoms with Crippen molar-refractivity contribution in [1.29, 1.82) is 0 Å². The van der Waals surface area contributed by atoms with E-state index >= 15 is 0 Å². The standard InChI is InChI=1S/C32H60OSi/c1-19-17-25-26(30(19)34(10,11)31-22(4)20(2)21(3)23(31)5)18-27(32(6,7)8)29(33-9)28(25)24-15-13-12-14-16-24/h19-31H,12-18H2,1-11H3. The maximum Gasteiger partial charge on any atom is 0.0638 e. The summed E-state index contributed by atoms with van der Waals surface area (Å²) in [5, 5.41) is 0. The summed E-state index contributed by atoms with van der Waals surface area (Å²) in [4.78, 5) is 0. The molecule has 0 bridgehead atoms. The predicted octanol–water partition coefficient (Wildman–Crippen LogP) is 9.54. The first-order valence-electron chi connectivity index (χ1n) is 15.3. The molecule has 0 N–H and O–H groups in total. The molecule has 198 valence electrons. The van der Waals surface area contributed by atoms with E-state index in [2.05, 4.69) is 75.6 Å². The quantitative estimate of drug-likeness (QED) is 0.358. The summed E-state index contributed by atoms with van der Waals surface area (Å²) in [5.74, 6) is 8.79. The van der Waals surface area contributed by atoms with Crippen molar-refractivity contribution in [2.45, 2.75) is 131 Å². The van der Waals surface area contributed by atoms with Gasteiger partial charge >= 0.3 is 0 Å². The van der Waals surface area contributed by atoms with E-state index in [0.29, 0.717) is 17.4 Å². The molecule has 1 nitrogen and oxygen atoms in total. The first-order valence-corrected chi connectivity index (χ1v) is 18.5. The maximum atomic E-state index is 6.53. The number of ether oxygens (including phenoxy) is 1. The van der Waals surface area contributed by atoms with Crippen molar-refractivity contribution in [2.75, 3.05) is 7.11 Å². The predicted molar refractivity (Wildman–Crippen MR) is 151 cm³/mol. The monoisotopic (exact) mass is 488 g/mol. The molecule has 2 heteroatoms. The van der Waals surface area contributed by atoms with Crippen LogP contribution >= 0.6 is 0 Å². The van der Waals surface area contributed by atoms with Crippen molar-refractivity contribution >= 4 is 8.07 Å². The number of hydrogen-bond donors (Lipinski definition) is 0. The van der Waals surface area contributed by atoms with E-state index in [1.54, 1.807) is 0 Å². The molecule has 0 amide bonds. The van der Waals surface area contributed by atoms with Crippen LogP contribution in [-0.2, 0) is 4.74 Å². The fourth-order valence-electron chi connectivity index (χ4n) is 11.4. The average Bonchev–Trinajstić information content (AvgIpc) is 3.21. The third kappa shape index (κ3) is 4.41. The molecule has 4 rings (SSSR count). The minimum atomic E-state index is -1.46. The molecule has 0 aromatic carbocycles. The molecular formula is C32H60OSi. The van der Waals surface area contributed by atoms with Crippen LogP contribution in [0.15, 0.2) is 0 Å². The molecule has 0 saturated heterocycles. The number of fused-ring (bicyclic) bond motifs is 1. The summed E-state index contributed by atoms with van der Waals surface area (Å²) < 4.78 is 6.53. The Morgan fingerprint density at radius 2 is 1.26 bits per heavy atom. The van der Waals surface area contributed by atoms with E-state index in [1.807, 2.05) is 0 Å². The third-order valence-corrected chi connectivity index (χ3v) is 18.5. The van der Waals surface area contributed by atoms with Crippen LogP contribution in [0.1, 0.15) is 100 Å². The molecule has 4 saturated carbocycles. The second-order valence-corrected chi connectivity index (χ2v) is 20.7. The Labute approximate surface area is 215 Å². The highest BCUT2D eigenvalue weighted by molar-refractivity contribution is 6.80. The van der Waals surface area contributed by atoms with Gasteiger partial charge in [0.1, 0.15) is 0 Å². The van der Waals surface area contributed by atoms with Gasteiger partial charge in [-0.15, -0.1) is 0 Å². The van der Waals surface area contributed by atoms with E-state index in [0.717, 1.165) is 64.3 Å². The molecule has 0 heterocycles. The second-order valence-electron chi connectivity index (χ2n) is 15.7. The number of rotatable bonds is 4. The van der Waals surface area contributed by atoms with Crippen LogP contribution in [0.4, 0.5) is 0 Å². The summed E-state index contributed by atoms with van der Waals surface area (Å²) in [5.41, 5.74) is 2.32. The van der Waals surface area contributed by atoms with E-state index in [1.165, 1.54) is 44.9 Å². The Morgan fingerprint density at radius 3 is 1.76 bits per heavy atom. The molecule has 11 unspecified atom stereocenters. The normalized spacial score (nSPS) is 48.8. The average molecular weight is 489 g/mol. The number of hydrogen-bond acceptors (Lipinski definition) is 1. The zero-order valence-electron chi connectivity index (χ0n) is 24.9. The van der Waals surface area contributed by atoms with Gasteiger partial charge < -0.3 is 4.74 Å². The fourth-order valence-corrected chi connectivity index (χ4v) is 18.3. The van der Waals surface area contributed by atoms with Gasteiger partial charge in [-0.3, -0.25) is 0 Å². The van der Waals surface area contributed by atoms with Crippen molar-refractivity contribution in [1.82, 2.24) is 0 Å². The topological polar surface area (TPSA) is 9.23 Å². The lowest BCUT2D eigenvalue weighted by Crippen LogP contribution is -2.53. The van der Waals surface area contributed by atoms with Gasteiger partial charge in [0, 0.05) is 7.11 Å². The van der Waals surface area contributed by atoms with Gasteiger partial charge in [-0.2, -0.15) is 0 Å². The largest absolute Gasteiger partial charge is 0.381 e. The van der Waals surface area contributed by atoms with Crippen LogP contribution in [0.2, 0.25) is 24.2 Å². The van der Waals surface area contributed by atoms with Crippen molar-refractivity contribution in [3.05, 3.63) is 0 Å². The molecule has 0 radical (unpaired) electrons. The first-order chi connectivity index (χ1) is 15.8. The smallest absolute Gasteiger partial charge is 0.0638 e. The van der Waals surface area contributed by atoms with Crippen LogP contribution in [0, 0.1) is 64.6 Å². The highest BCUT2D eigenvalue weighted by Crippen LogP contribution is 2.67. The molecule has 4 aliphatic rings. The van der Waals surface area contributed by atoms with Gasteiger partial charge in [-0.1, -0.05) is 101 Å².